The smallest absolute Gasteiger partial charge is 0.182 e. The van der Waals surface area contributed by atoms with Crippen molar-refractivity contribution in [1.82, 2.24) is 9.55 Å². The molecular weight excluding hydrogens is 316 g/mol. The number of ketones is 1. The van der Waals surface area contributed by atoms with Crippen LogP contribution in [-0.4, -0.2) is 34.3 Å². The van der Waals surface area contributed by atoms with E-state index in [1.807, 2.05) is 42.8 Å². The summed E-state index contributed by atoms with van der Waals surface area (Å²) in [6.07, 6.45) is 4.94. The Hall–Kier alpha value is -1.98. The molecule has 0 atom stereocenters. The number of hydrogen-bond acceptors (Lipinski definition) is 4. The van der Waals surface area contributed by atoms with Gasteiger partial charge in [-0.1, -0.05) is 30.3 Å². The van der Waals surface area contributed by atoms with Crippen molar-refractivity contribution in [2.75, 3.05) is 13.2 Å². The van der Waals surface area contributed by atoms with Crippen molar-refractivity contribution < 1.29 is 14.3 Å². The first kappa shape index (κ1) is 17.8. The molecule has 5 heteroatoms. The molecule has 0 saturated carbocycles. The molecule has 1 saturated heterocycles. The molecule has 0 aliphatic carbocycles. The van der Waals surface area contributed by atoms with Gasteiger partial charge in [0.25, 0.3) is 0 Å². The average molecular weight is 342 g/mol. The highest BCUT2D eigenvalue weighted by Crippen LogP contribution is 2.25. The third-order valence-corrected chi connectivity index (χ3v) is 4.64. The Morgan fingerprint density at radius 1 is 1.20 bits per heavy atom. The number of aromatic nitrogens is 2. The summed E-state index contributed by atoms with van der Waals surface area (Å²) in [4.78, 5) is 16.8. The van der Waals surface area contributed by atoms with Crippen molar-refractivity contribution in [2.45, 2.75) is 51.9 Å². The van der Waals surface area contributed by atoms with Crippen LogP contribution >= 0.6 is 0 Å². The van der Waals surface area contributed by atoms with Crippen LogP contribution in [0.5, 0.6) is 0 Å². The number of Topliss-reactive ketones (excluding diaryl/α,β-unsaturated/α-hetero) is 1. The Morgan fingerprint density at radius 3 is 2.64 bits per heavy atom. The van der Waals surface area contributed by atoms with Gasteiger partial charge in [0.1, 0.15) is 11.5 Å². The SMILES string of the molecule is Cc1nc(C(=O)CCCCC2(C)OCCO2)cn1Cc1ccccc1. The highest BCUT2D eigenvalue weighted by Gasteiger charge is 2.30. The molecule has 1 fully saturated rings. The monoisotopic (exact) mass is 342 g/mol. The predicted octanol–water partition coefficient (Wildman–Crippen LogP) is 3.75. The molecule has 5 nitrogen and oxygen atoms in total. The number of imidazole rings is 1. The summed E-state index contributed by atoms with van der Waals surface area (Å²) in [5.41, 5.74) is 1.76. The van der Waals surface area contributed by atoms with E-state index in [1.54, 1.807) is 0 Å². The topological polar surface area (TPSA) is 53.4 Å². The molecule has 0 unspecified atom stereocenters. The normalized spacial score (nSPS) is 16.2. The fourth-order valence-corrected chi connectivity index (χ4v) is 3.14. The number of hydrogen-bond donors (Lipinski definition) is 0. The number of unbranched alkanes of at least 4 members (excludes halogenated alkanes) is 1. The Bertz CT molecular complexity index is 703. The minimum atomic E-state index is -0.461. The Morgan fingerprint density at radius 2 is 1.92 bits per heavy atom. The van der Waals surface area contributed by atoms with Gasteiger partial charge in [0, 0.05) is 25.6 Å². The number of benzene rings is 1. The molecule has 0 bridgehead atoms. The van der Waals surface area contributed by atoms with Crippen molar-refractivity contribution in [3.05, 3.63) is 53.6 Å². The second kappa shape index (κ2) is 7.93. The van der Waals surface area contributed by atoms with E-state index in [1.165, 1.54) is 5.56 Å². The highest BCUT2D eigenvalue weighted by molar-refractivity contribution is 5.94. The van der Waals surface area contributed by atoms with Gasteiger partial charge < -0.3 is 14.0 Å². The van der Waals surface area contributed by atoms with Crippen LogP contribution in [0, 0.1) is 6.92 Å². The van der Waals surface area contributed by atoms with Gasteiger partial charge in [0.05, 0.1) is 13.2 Å². The van der Waals surface area contributed by atoms with Crippen molar-refractivity contribution in [3.8, 4) is 0 Å². The third kappa shape index (κ3) is 4.77. The largest absolute Gasteiger partial charge is 0.348 e. The summed E-state index contributed by atoms with van der Waals surface area (Å²) in [6, 6.07) is 10.2. The quantitative estimate of drug-likeness (QED) is 0.542. The van der Waals surface area contributed by atoms with E-state index in [9.17, 15) is 4.79 Å². The fourth-order valence-electron chi connectivity index (χ4n) is 3.14. The van der Waals surface area contributed by atoms with Crippen molar-refractivity contribution in [2.24, 2.45) is 0 Å². The van der Waals surface area contributed by atoms with Crippen LogP contribution in [0.25, 0.3) is 0 Å². The number of carbonyl (C=O) groups is 1. The number of carbonyl (C=O) groups excluding carboxylic acids is 1. The minimum absolute atomic E-state index is 0.105. The summed E-state index contributed by atoms with van der Waals surface area (Å²) in [5.74, 6) is 0.512. The summed E-state index contributed by atoms with van der Waals surface area (Å²) < 4.78 is 13.2. The van der Waals surface area contributed by atoms with Crippen LogP contribution in [0.2, 0.25) is 0 Å². The molecule has 1 aliphatic heterocycles. The molecule has 0 N–H and O–H groups in total. The summed E-state index contributed by atoms with van der Waals surface area (Å²) in [7, 11) is 0. The van der Waals surface area contributed by atoms with Crippen LogP contribution in [0.15, 0.2) is 36.5 Å². The zero-order chi connectivity index (χ0) is 17.7. The van der Waals surface area contributed by atoms with Crippen LogP contribution in [0.3, 0.4) is 0 Å². The van der Waals surface area contributed by atoms with Crippen molar-refractivity contribution in [1.29, 1.82) is 0 Å². The molecule has 1 aromatic carbocycles. The minimum Gasteiger partial charge on any atom is -0.348 e. The lowest BCUT2D eigenvalue weighted by Gasteiger charge is -2.21. The van der Waals surface area contributed by atoms with Crippen molar-refractivity contribution in [3.63, 3.8) is 0 Å². The molecule has 134 valence electrons. The standard InChI is InChI=1S/C20H26N2O3/c1-16-21-18(15-22(16)14-17-8-4-3-5-9-17)19(23)10-6-7-11-20(2)24-12-13-25-20/h3-5,8-9,15H,6-7,10-14H2,1-2H3. The number of aryl methyl sites for hydroxylation is 1. The number of ether oxygens (including phenoxy) is 2. The molecule has 2 aromatic rings. The van der Waals surface area contributed by atoms with Gasteiger partial charge in [-0.05, 0) is 32.3 Å². The van der Waals surface area contributed by atoms with E-state index in [4.69, 9.17) is 9.47 Å². The second-order valence-electron chi connectivity index (χ2n) is 6.75. The first-order valence-corrected chi connectivity index (χ1v) is 8.94. The lowest BCUT2D eigenvalue weighted by Crippen LogP contribution is -2.25. The van der Waals surface area contributed by atoms with E-state index in [0.29, 0.717) is 25.3 Å². The average Bonchev–Trinajstić information content (AvgIpc) is 3.19. The van der Waals surface area contributed by atoms with E-state index < -0.39 is 5.79 Å². The summed E-state index contributed by atoms with van der Waals surface area (Å²) in [6.45, 7) is 5.97. The van der Waals surface area contributed by atoms with Crippen LogP contribution < -0.4 is 0 Å². The number of nitrogens with zero attached hydrogens (tertiary/aromatic N) is 2. The van der Waals surface area contributed by atoms with Crippen LogP contribution in [0.1, 0.15) is 54.5 Å². The first-order valence-electron chi connectivity index (χ1n) is 8.94. The van der Waals surface area contributed by atoms with Crippen LogP contribution in [-0.2, 0) is 16.0 Å². The zero-order valence-electron chi connectivity index (χ0n) is 15.0. The van der Waals surface area contributed by atoms with E-state index in [2.05, 4.69) is 17.1 Å². The second-order valence-corrected chi connectivity index (χ2v) is 6.75. The molecule has 25 heavy (non-hydrogen) atoms. The van der Waals surface area contributed by atoms with Gasteiger partial charge in [0.2, 0.25) is 0 Å². The van der Waals surface area contributed by atoms with E-state index >= 15 is 0 Å². The molecule has 0 spiro atoms. The molecule has 0 amide bonds. The lowest BCUT2D eigenvalue weighted by molar-refractivity contribution is -0.147. The summed E-state index contributed by atoms with van der Waals surface area (Å²) >= 11 is 0. The molecule has 1 aromatic heterocycles. The first-order chi connectivity index (χ1) is 12.1. The molecule has 3 rings (SSSR count). The fraction of sp³-hybridized carbons (Fsp3) is 0.500. The molecule has 0 radical (unpaired) electrons. The molecular formula is C20H26N2O3. The van der Waals surface area contributed by atoms with Gasteiger partial charge in [-0.3, -0.25) is 4.79 Å². The Kier molecular flexibility index (Phi) is 5.66. The van der Waals surface area contributed by atoms with Gasteiger partial charge in [0.15, 0.2) is 11.6 Å². The van der Waals surface area contributed by atoms with Gasteiger partial charge in [-0.15, -0.1) is 0 Å². The maximum atomic E-state index is 12.4. The maximum absolute atomic E-state index is 12.4. The molecule has 1 aliphatic rings. The van der Waals surface area contributed by atoms with Crippen molar-refractivity contribution >= 4 is 5.78 Å². The number of rotatable bonds is 8. The molecule has 2 heterocycles. The highest BCUT2D eigenvalue weighted by atomic mass is 16.7. The Balaban J connectivity index is 1.50. The zero-order valence-corrected chi connectivity index (χ0v) is 15.0. The van der Waals surface area contributed by atoms with Gasteiger partial charge in [-0.25, -0.2) is 4.98 Å². The summed E-state index contributed by atoms with van der Waals surface area (Å²) in [5, 5.41) is 0. The van der Waals surface area contributed by atoms with E-state index in [0.717, 1.165) is 31.6 Å². The lowest BCUT2D eigenvalue weighted by atomic mass is 10.1. The Labute approximate surface area is 149 Å². The van der Waals surface area contributed by atoms with Crippen LogP contribution in [0.4, 0.5) is 0 Å². The van der Waals surface area contributed by atoms with E-state index in [-0.39, 0.29) is 5.78 Å². The van der Waals surface area contributed by atoms with Gasteiger partial charge in [-0.2, -0.15) is 0 Å². The third-order valence-electron chi connectivity index (χ3n) is 4.64. The van der Waals surface area contributed by atoms with Gasteiger partial charge >= 0.3 is 0 Å². The predicted molar refractivity (Wildman–Crippen MR) is 95.6 cm³/mol. The maximum Gasteiger partial charge on any atom is 0.182 e.